The fourth-order valence-corrected chi connectivity index (χ4v) is 1.62. The van der Waals surface area contributed by atoms with Gasteiger partial charge in [-0.05, 0) is 12.5 Å². The summed E-state index contributed by atoms with van der Waals surface area (Å²) in [6, 6.07) is 9.98. The average molecular weight is 230 g/mol. The minimum absolute atomic E-state index is 0.503. The molecule has 0 saturated carbocycles. The second kappa shape index (κ2) is 4.82. The zero-order valence-electron chi connectivity index (χ0n) is 9.55. The molecule has 2 rings (SSSR count). The first-order valence-corrected chi connectivity index (χ1v) is 5.47. The predicted molar refractivity (Wildman–Crippen MR) is 63.9 cm³/mol. The summed E-state index contributed by atoms with van der Waals surface area (Å²) in [4.78, 5) is 18.0. The van der Waals surface area contributed by atoms with Crippen molar-refractivity contribution in [2.45, 2.75) is 19.3 Å². The molecule has 1 atom stereocenters. The summed E-state index contributed by atoms with van der Waals surface area (Å²) in [5, 5.41) is 8.87. The summed E-state index contributed by atoms with van der Waals surface area (Å²) in [6.07, 6.45) is 2.43. The molecule has 2 N–H and O–H groups in total. The van der Waals surface area contributed by atoms with E-state index in [9.17, 15) is 4.79 Å². The van der Waals surface area contributed by atoms with E-state index in [2.05, 4.69) is 9.97 Å². The highest BCUT2D eigenvalue weighted by molar-refractivity contribution is 5.74. The summed E-state index contributed by atoms with van der Waals surface area (Å²) in [7, 11) is 0. The van der Waals surface area contributed by atoms with Gasteiger partial charge >= 0.3 is 5.97 Å². The van der Waals surface area contributed by atoms with Crippen LogP contribution in [0.15, 0.2) is 36.5 Å². The number of carboxylic acid groups (broad SMARTS) is 1. The van der Waals surface area contributed by atoms with Crippen molar-refractivity contribution in [3.63, 3.8) is 0 Å². The number of nitrogens with one attached hydrogen (secondary N) is 1. The molecule has 4 heteroatoms. The number of carboxylic acids is 1. The molecule has 1 aromatic carbocycles. The first-order valence-electron chi connectivity index (χ1n) is 5.47. The number of aliphatic carboxylic acids is 1. The Labute approximate surface area is 99.3 Å². The summed E-state index contributed by atoms with van der Waals surface area (Å²) in [5.41, 5.74) is 2.10. The average Bonchev–Trinajstić information content (AvgIpc) is 2.77. The Hall–Kier alpha value is -2.10. The van der Waals surface area contributed by atoms with Crippen LogP contribution in [0.4, 0.5) is 0 Å². The molecule has 0 aliphatic carbocycles. The number of aromatic nitrogens is 2. The van der Waals surface area contributed by atoms with Gasteiger partial charge in [0.05, 0.1) is 0 Å². The van der Waals surface area contributed by atoms with Gasteiger partial charge in [-0.1, -0.05) is 30.3 Å². The van der Waals surface area contributed by atoms with E-state index in [0.717, 1.165) is 12.1 Å². The third-order valence-corrected chi connectivity index (χ3v) is 2.67. The number of aromatic amines is 1. The zero-order chi connectivity index (χ0) is 12.3. The lowest BCUT2D eigenvalue weighted by Crippen LogP contribution is -2.09. The van der Waals surface area contributed by atoms with E-state index in [-0.39, 0.29) is 0 Å². The maximum atomic E-state index is 10.8. The Balaban J connectivity index is 2.11. The number of benzene rings is 1. The van der Waals surface area contributed by atoms with E-state index in [1.807, 2.05) is 30.3 Å². The number of hydrogen-bond donors (Lipinski definition) is 2. The molecule has 0 amide bonds. The number of nitrogens with zero attached hydrogens (tertiary/aromatic N) is 1. The van der Waals surface area contributed by atoms with Crippen molar-refractivity contribution >= 4 is 5.97 Å². The van der Waals surface area contributed by atoms with Gasteiger partial charge in [0.25, 0.3) is 0 Å². The van der Waals surface area contributed by atoms with E-state index in [1.54, 1.807) is 13.1 Å². The van der Waals surface area contributed by atoms with Crippen LogP contribution in [0.25, 0.3) is 0 Å². The van der Waals surface area contributed by atoms with Crippen LogP contribution in [-0.2, 0) is 11.2 Å². The van der Waals surface area contributed by atoms with Crippen LogP contribution in [0.1, 0.15) is 29.9 Å². The van der Waals surface area contributed by atoms with Gasteiger partial charge in [-0.2, -0.15) is 0 Å². The quantitative estimate of drug-likeness (QED) is 0.846. The van der Waals surface area contributed by atoms with Gasteiger partial charge in [-0.15, -0.1) is 0 Å². The van der Waals surface area contributed by atoms with Crippen LogP contribution in [0.3, 0.4) is 0 Å². The summed E-state index contributed by atoms with van der Waals surface area (Å²) >= 11 is 0. The van der Waals surface area contributed by atoms with Crippen LogP contribution in [0.2, 0.25) is 0 Å². The Morgan fingerprint density at radius 3 is 2.76 bits per heavy atom. The minimum Gasteiger partial charge on any atom is -0.481 e. The van der Waals surface area contributed by atoms with Gasteiger partial charge in [0.2, 0.25) is 0 Å². The molecule has 2 aromatic rings. The first-order chi connectivity index (χ1) is 8.16. The summed E-state index contributed by atoms with van der Waals surface area (Å²) < 4.78 is 0. The van der Waals surface area contributed by atoms with Crippen LogP contribution >= 0.6 is 0 Å². The van der Waals surface area contributed by atoms with Crippen molar-refractivity contribution in [1.29, 1.82) is 0 Å². The first kappa shape index (κ1) is 11.4. The van der Waals surface area contributed by atoms with Crippen LogP contribution in [-0.4, -0.2) is 21.0 Å². The monoisotopic (exact) mass is 230 g/mol. The van der Waals surface area contributed by atoms with Gasteiger partial charge in [-0.3, -0.25) is 4.79 Å². The molecule has 0 bridgehead atoms. The lowest BCUT2D eigenvalue weighted by Gasteiger charge is -2.01. The molecule has 0 saturated heterocycles. The molecule has 88 valence electrons. The highest BCUT2D eigenvalue weighted by Crippen LogP contribution is 2.13. The number of hydrogen-bond acceptors (Lipinski definition) is 2. The van der Waals surface area contributed by atoms with Crippen molar-refractivity contribution in [3.8, 4) is 0 Å². The topological polar surface area (TPSA) is 66.0 Å². The molecule has 17 heavy (non-hydrogen) atoms. The maximum absolute atomic E-state index is 10.8. The smallest absolute Gasteiger partial charge is 0.313 e. The van der Waals surface area contributed by atoms with Crippen molar-refractivity contribution in [3.05, 3.63) is 53.6 Å². The van der Waals surface area contributed by atoms with E-state index < -0.39 is 11.9 Å². The summed E-state index contributed by atoms with van der Waals surface area (Å²) in [6.45, 7) is 1.62. The Kier molecular flexibility index (Phi) is 3.23. The SMILES string of the molecule is CC(C(=O)O)c1ncc(Cc2ccccc2)[nH]1. The molecule has 0 radical (unpaired) electrons. The van der Waals surface area contributed by atoms with Crippen LogP contribution in [0.5, 0.6) is 0 Å². The fraction of sp³-hybridized carbons (Fsp3) is 0.231. The standard InChI is InChI=1S/C13H14N2O2/c1-9(13(16)17)12-14-8-11(15-12)7-10-5-3-2-4-6-10/h2-6,8-9H,7H2,1H3,(H,14,15)(H,16,17). The maximum Gasteiger partial charge on any atom is 0.313 e. The highest BCUT2D eigenvalue weighted by atomic mass is 16.4. The molecule has 0 spiro atoms. The molecular formula is C13H14N2O2. The second-order valence-electron chi connectivity index (χ2n) is 4.02. The lowest BCUT2D eigenvalue weighted by atomic mass is 10.1. The highest BCUT2D eigenvalue weighted by Gasteiger charge is 2.16. The molecule has 0 aliphatic rings. The van der Waals surface area contributed by atoms with E-state index in [0.29, 0.717) is 5.82 Å². The number of rotatable bonds is 4. The largest absolute Gasteiger partial charge is 0.481 e. The predicted octanol–water partition coefficient (Wildman–Crippen LogP) is 2.19. The minimum atomic E-state index is -0.870. The summed E-state index contributed by atoms with van der Waals surface area (Å²) in [5.74, 6) is -0.964. The third-order valence-electron chi connectivity index (χ3n) is 2.67. The molecule has 0 fully saturated rings. The normalized spacial score (nSPS) is 12.3. The van der Waals surface area contributed by atoms with Crippen LogP contribution in [0, 0.1) is 0 Å². The number of carbonyl (C=O) groups is 1. The Morgan fingerprint density at radius 2 is 2.12 bits per heavy atom. The molecule has 1 unspecified atom stereocenters. The van der Waals surface area contributed by atoms with Gasteiger partial charge in [0.15, 0.2) is 0 Å². The Bertz CT molecular complexity index is 505. The van der Waals surface area contributed by atoms with Crippen LogP contribution < -0.4 is 0 Å². The molecule has 1 heterocycles. The Morgan fingerprint density at radius 1 is 1.41 bits per heavy atom. The van der Waals surface area contributed by atoms with E-state index >= 15 is 0 Å². The number of H-pyrrole nitrogens is 1. The zero-order valence-corrected chi connectivity index (χ0v) is 9.55. The van der Waals surface area contributed by atoms with Gasteiger partial charge in [-0.25, -0.2) is 4.98 Å². The van der Waals surface area contributed by atoms with Crippen molar-refractivity contribution in [1.82, 2.24) is 9.97 Å². The fourth-order valence-electron chi connectivity index (χ4n) is 1.62. The number of imidazole rings is 1. The van der Waals surface area contributed by atoms with Crippen molar-refractivity contribution < 1.29 is 9.90 Å². The molecule has 1 aromatic heterocycles. The second-order valence-corrected chi connectivity index (χ2v) is 4.02. The van der Waals surface area contributed by atoms with Gasteiger partial charge in [0, 0.05) is 18.3 Å². The molecular weight excluding hydrogens is 216 g/mol. The van der Waals surface area contributed by atoms with Crippen molar-refractivity contribution in [2.24, 2.45) is 0 Å². The van der Waals surface area contributed by atoms with Gasteiger partial charge < -0.3 is 10.1 Å². The molecule has 4 nitrogen and oxygen atoms in total. The van der Waals surface area contributed by atoms with Crippen molar-refractivity contribution in [2.75, 3.05) is 0 Å². The molecule has 0 aliphatic heterocycles. The lowest BCUT2D eigenvalue weighted by molar-refractivity contribution is -0.138. The van der Waals surface area contributed by atoms with E-state index in [4.69, 9.17) is 5.11 Å². The van der Waals surface area contributed by atoms with E-state index in [1.165, 1.54) is 5.56 Å². The van der Waals surface area contributed by atoms with Gasteiger partial charge in [0.1, 0.15) is 11.7 Å². The third kappa shape index (κ3) is 2.72.